The van der Waals surface area contributed by atoms with E-state index in [1.165, 1.54) is 0 Å². The predicted octanol–water partition coefficient (Wildman–Crippen LogP) is 6.69. The van der Waals surface area contributed by atoms with E-state index in [0.717, 1.165) is 42.2 Å². The SMILES string of the molecule is CCC(OC(=O)CC(C)(C)O)c1ccc(Cl)c2nc3n(c12)CCCN3c1ccc(Cl)cc1Cl. The second kappa shape index (κ2) is 9.34. The van der Waals surface area contributed by atoms with E-state index in [-0.39, 0.29) is 6.42 Å². The van der Waals surface area contributed by atoms with Crippen LogP contribution in [0.2, 0.25) is 15.1 Å². The first-order valence-electron chi connectivity index (χ1n) is 10.9. The Morgan fingerprint density at radius 2 is 1.94 bits per heavy atom. The fraction of sp³-hybridized carbons (Fsp3) is 0.417. The van der Waals surface area contributed by atoms with E-state index >= 15 is 0 Å². The average Bonchev–Trinajstić information content (AvgIpc) is 3.12. The van der Waals surface area contributed by atoms with E-state index in [2.05, 4.69) is 9.47 Å². The van der Waals surface area contributed by atoms with Crippen molar-refractivity contribution in [3.63, 3.8) is 0 Å². The van der Waals surface area contributed by atoms with Crippen molar-refractivity contribution in [3.8, 4) is 0 Å². The molecule has 0 amide bonds. The molecule has 1 aliphatic heterocycles. The Kier molecular flexibility index (Phi) is 6.83. The first-order valence-corrected chi connectivity index (χ1v) is 12.1. The molecule has 4 rings (SSSR count). The van der Waals surface area contributed by atoms with Gasteiger partial charge in [0.2, 0.25) is 5.95 Å². The highest BCUT2D eigenvalue weighted by Crippen LogP contribution is 2.41. The number of aryl methyl sites for hydroxylation is 1. The summed E-state index contributed by atoms with van der Waals surface area (Å²) in [6.45, 7) is 6.61. The molecule has 9 heteroatoms. The maximum absolute atomic E-state index is 12.5. The van der Waals surface area contributed by atoms with Gasteiger partial charge in [-0.25, -0.2) is 4.98 Å². The third-order valence-electron chi connectivity index (χ3n) is 5.63. The number of halogens is 3. The van der Waals surface area contributed by atoms with Crippen LogP contribution in [0.5, 0.6) is 0 Å². The number of fused-ring (bicyclic) bond motifs is 3. The summed E-state index contributed by atoms with van der Waals surface area (Å²) in [5.41, 5.74) is 2.01. The quantitative estimate of drug-likeness (QED) is 0.374. The second-order valence-electron chi connectivity index (χ2n) is 8.87. The molecular formula is C24H26Cl3N3O3. The number of esters is 1. The van der Waals surface area contributed by atoms with Crippen molar-refractivity contribution >= 4 is 63.4 Å². The number of imidazole rings is 1. The van der Waals surface area contributed by atoms with Crippen LogP contribution in [0.15, 0.2) is 30.3 Å². The van der Waals surface area contributed by atoms with E-state index in [9.17, 15) is 9.90 Å². The highest BCUT2D eigenvalue weighted by molar-refractivity contribution is 6.36. The van der Waals surface area contributed by atoms with Crippen LogP contribution in [0.4, 0.5) is 11.6 Å². The summed E-state index contributed by atoms with van der Waals surface area (Å²) in [6.07, 6.45) is 0.864. The lowest BCUT2D eigenvalue weighted by molar-refractivity contribution is -0.154. The summed E-state index contributed by atoms with van der Waals surface area (Å²) in [7, 11) is 0. The monoisotopic (exact) mass is 509 g/mol. The van der Waals surface area contributed by atoms with Crippen molar-refractivity contribution in [1.82, 2.24) is 9.55 Å². The van der Waals surface area contributed by atoms with Crippen molar-refractivity contribution < 1.29 is 14.6 Å². The normalized spacial score (nSPS) is 14.9. The number of carbonyl (C=O) groups is 1. The zero-order chi connectivity index (χ0) is 23.9. The van der Waals surface area contributed by atoms with Gasteiger partial charge in [-0.15, -0.1) is 0 Å². The van der Waals surface area contributed by atoms with Crippen LogP contribution in [-0.2, 0) is 16.1 Å². The van der Waals surface area contributed by atoms with Gasteiger partial charge in [-0.05, 0) is 51.0 Å². The third kappa shape index (κ3) is 4.94. The molecule has 0 aliphatic carbocycles. The van der Waals surface area contributed by atoms with Gasteiger partial charge in [-0.2, -0.15) is 0 Å². The van der Waals surface area contributed by atoms with Crippen LogP contribution in [0.25, 0.3) is 11.0 Å². The molecule has 0 fully saturated rings. The number of hydrogen-bond donors (Lipinski definition) is 1. The fourth-order valence-corrected chi connectivity index (χ4v) is 4.94. The van der Waals surface area contributed by atoms with Crippen LogP contribution < -0.4 is 4.90 Å². The van der Waals surface area contributed by atoms with Crippen molar-refractivity contribution in [2.75, 3.05) is 11.4 Å². The van der Waals surface area contributed by atoms with Gasteiger partial charge in [0.1, 0.15) is 11.6 Å². The summed E-state index contributed by atoms with van der Waals surface area (Å²) in [6, 6.07) is 9.07. The molecule has 0 bridgehead atoms. The number of anilines is 2. The zero-order valence-corrected chi connectivity index (χ0v) is 21.0. The minimum Gasteiger partial charge on any atom is -0.457 e. The Morgan fingerprint density at radius 1 is 1.18 bits per heavy atom. The minimum absolute atomic E-state index is 0.0897. The smallest absolute Gasteiger partial charge is 0.309 e. The first kappa shape index (κ1) is 24.1. The number of aromatic nitrogens is 2. The Hall–Kier alpha value is -1.99. The molecule has 1 N–H and O–H groups in total. The van der Waals surface area contributed by atoms with Crippen LogP contribution in [0, 0.1) is 0 Å². The summed E-state index contributed by atoms with van der Waals surface area (Å²) >= 11 is 19.2. The van der Waals surface area contributed by atoms with E-state index in [1.807, 2.05) is 19.1 Å². The summed E-state index contributed by atoms with van der Waals surface area (Å²) < 4.78 is 7.89. The number of aliphatic hydroxyl groups is 1. The van der Waals surface area contributed by atoms with Crippen LogP contribution in [-0.4, -0.2) is 32.8 Å². The van der Waals surface area contributed by atoms with Crippen molar-refractivity contribution in [2.24, 2.45) is 0 Å². The highest BCUT2D eigenvalue weighted by Gasteiger charge is 2.29. The van der Waals surface area contributed by atoms with Crippen LogP contribution in [0.3, 0.4) is 0 Å². The van der Waals surface area contributed by atoms with Crippen molar-refractivity contribution in [2.45, 2.75) is 58.3 Å². The highest BCUT2D eigenvalue weighted by atomic mass is 35.5. The Morgan fingerprint density at radius 3 is 2.61 bits per heavy atom. The van der Waals surface area contributed by atoms with Crippen LogP contribution in [0.1, 0.15) is 51.7 Å². The van der Waals surface area contributed by atoms with Gasteiger partial charge in [0.15, 0.2) is 0 Å². The molecule has 1 aromatic heterocycles. The molecule has 3 aromatic rings. The minimum atomic E-state index is -1.14. The van der Waals surface area contributed by atoms with E-state index in [4.69, 9.17) is 44.5 Å². The zero-order valence-electron chi connectivity index (χ0n) is 18.7. The first-order chi connectivity index (χ1) is 15.6. The molecule has 2 heterocycles. The number of rotatable bonds is 6. The van der Waals surface area contributed by atoms with Crippen molar-refractivity contribution in [1.29, 1.82) is 0 Å². The largest absolute Gasteiger partial charge is 0.457 e. The molecule has 0 saturated heterocycles. The topological polar surface area (TPSA) is 67.6 Å². The Bertz CT molecular complexity index is 1200. The molecule has 1 unspecified atom stereocenters. The number of hydrogen-bond acceptors (Lipinski definition) is 5. The number of ether oxygens (including phenoxy) is 1. The summed E-state index contributed by atoms with van der Waals surface area (Å²) in [4.78, 5) is 19.4. The fourth-order valence-electron chi connectivity index (χ4n) is 4.23. The molecule has 0 radical (unpaired) electrons. The lowest BCUT2D eigenvalue weighted by atomic mass is 10.0. The number of benzene rings is 2. The Labute approximate surface area is 208 Å². The third-order valence-corrected chi connectivity index (χ3v) is 6.47. The summed E-state index contributed by atoms with van der Waals surface area (Å²) in [5.74, 6) is 0.276. The molecule has 176 valence electrons. The van der Waals surface area contributed by atoms with Gasteiger partial charge in [0.05, 0.1) is 33.3 Å². The molecular weight excluding hydrogens is 485 g/mol. The molecule has 1 aliphatic rings. The van der Waals surface area contributed by atoms with Gasteiger partial charge >= 0.3 is 5.97 Å². The second-order valence-corrected chi connectivity index (χ2v) is 10.1. The standard InChI is InChI=1S/C24H26Cl3N3O3/c1-4-19(33-20(31)13-24(2,3)32)15-7-8-16(26)21-22(15)30-11-5-10-29(23(30)28-21)18-9-6-14(25)12-17(18)27/h6-9,12,19,32H,4-5,10-11,13H2,1-3H3. The molecule has 2 aromatic carbocycles. The average molecular weight is 511 g/mol. The maximum atomic E-state index is 12.5. The molecule has 1 atom stereocenters. The van der Waals surface area contributed by atoms with E-state index in [1.54, 1.807) is 32.0 Å². The van der Waals surface area contributed by atoms with Gasteiger partial charge in [-0.1, -0.05) is 47.8 Å². The Balaban J connectivity index is 1.80. The molecule has 0 saturated carbocycles. The van der Waals surface area contributed by atoms with Crippen LogP contribution >= 0.6 is 34.8 Å². The van der Waals surface area contributed by atoms with Gasteiger partial charge in [0.25, 0.3) is 0 Å². The predicted molar refractivity (Wildman–Crippen MR) is 133 cm³/mol. The maximum Gasteiger partial charge on any atom is 0.309 e. The van der Waals surface area contributed by atoms with Gasteiger partial charge in [0, 0.05) is 23.7 Å². The van der Waals surface area contributed by atoms with Crippen molar-refractivity contribution in [3.05, 3.63) is 51.0 Å². The van der Waals surface area contributed by atoms with E-state index < -0.39 is 17.7 Å². The van der Waals surface area contributed by atoms with Gasteiger partial charge in [-0.3, -0.25) is 4.79 Å². The lowest BCUT2D eigenvalue weighted by Crippen LogP contribution is -2.28. The molecule has 0 spiro atoms. The number of nitrogens with zero attached hydrogens (tertiary/aromatic N) is 3. The number of carbonyl (C=O) groups excluding carboxylic acids is 1. The van der Waals surface area contributed by atoms with Gasteiger partial charge < -0.3 is 19.3 Å². The lowest BCUT2D eigenvalue weighted by Gasteiger charge is -2.30. The molecule has 33 heavy (non-hydrogen) atoms. The molecule has 6 nitrogen and oxygen atoms in total. The van der Waals surface area contributed by atoms with E-state index in [0.29, 0.717) is 27.0 Å². The summed E-state index contributed by atoms with van der Waals surface area (Å²) in [5, 5.41) is 11.6.